The molecule has 0 atom stereocenters. The van der Waals surface area contributed by atoms with Gasteiger partial charge >= 0.3 is 6.18 Å². The van der Waals surface area contributed by atoms with Gasteiger partial charge in [-0.3, -0.25) is 4.98 Å². The van der Waals surface area contributed by atoms with Crippen molar-refractivity contribution in [3.63, 3.8) is 0 Å². The van der Waals surface area contributed by atoms with E-state index in [-0.39, 0.29) is 24.3 Å². The van der Waals surface area contributed by atoms with Crippen molar-refractivity contribution in [2.24, 2.45) is 5.41 Å². The van der Waals surface area contributed by atoms with E-state index in [4.69, 9.17) is 4.74 Å². The van der Waals surface area contributed by atoms with Gasteiger partial charge in [-0.2, -0.15) is 13.2 Å². The second-order valence-electron chi connectivity index (χ2n) is 5.80. The predicted molar refractivity (Wildman–Crippen MR) is 74.7 cm³/mol. The molecule has 1 saturated carbocycles. The summed E-state index contributed by atoms with van der Waals surface area (Å²) in [5, 5.41) is 3.38. The van der Waals surface area contributed by atoms with Crippen LogP contribution in [0.2, 0.25) is 0 Å². The lowest BCUT2D eigenvalue weighted by Crippen LogP contribution is -2.52. The summed E-state index contributed by atoms with van der Waals surface area (Å²) < 4.78 is 43.3. The van der Waals surface area contributed by atoms with Crippen molar-refractivity contribution in [1.82, 2.24) is 10.3 Å². The normalized spacial score (nSPS) is 28.6. The Hall–Kier alpha value is -1.01. The molecule has 1 aliphatic heterocycles. The first kappa shape index (κ1) is 16.4. The standard InChI is InChI=1S/C14H17F3N2O.ClH/c15-14(16,17)12-6-10(2-5-19-12)20-11-7-13(8-11)3-1-4-18-9-13;/h2,5-6,11,18H,1,3-4,7-9H2;1H. The molecule has 7 heteroatoms. The smallest absolute Gasteiger partial charge is 0.433 e. The molecule has 1 aromatic heterocycles. The van der Waals surface area contributed by atoms with Gasteiger partial charge in [0.05, 0.1) is 6.10 Å². The number of ether oxygens (including phenoxy) is 1. The molecule has 3 nitrogen and oxygen atoms in total. The summed E-state index contributed by atoms with van der Waals surface area (Å²) in [4.78, 5) is 3.33. The molecule has 2 fully saturated rings. The van der Waals surface area contributed by atoms with E-state index in [1.54, 1.807) is 0 Å². The van der Waals surface area contributed by atoms with Gasteiger partial charge in [-0.1, -0.05) is 0 Å². The highest BCUT2D eigenvalue weighted by Gasteiger charge is 2.46. The number of hydrogen-bond donors (Lipinski definition) is 1. The fourth-order valence-electron chi connectivity index (χ4n) is 3.20. The predicted octanol–water partition coefficient (Wildman–Crippen LogP) is 3.43. The first-order valence-corrected chi connectivity index (χ1v) is 6.88. The van der Waals surface area contributed by atoms with Gasteiger partial charge in [-0.05, 0) is 43.7 Å². The highest BCUT2D eigenvalue weighted by molar-refractivity contribution is 5.85. The average molecular weight is 323 g/mol. The number of nitrogens with zero attached hydrogens (tertiary/aromatic N) is 1. The Kier molecular flexibility index (Phi) is 4.68. The average Bonchev–Trinajstić information content (AvgIpc) is 2.37. The fraction of sp³-hybridized carbons (Fsp3) is 0.643. The number of halogens is 4. The van der Waals surface area contributed by atoms with E-state index in [1.165, 1.54) is 18.9 Å². The van der Waals surface area contributed by atoms with Crippen molar-refractivity contribution >= 4 is 12.4 Å². The van der Waals surface area contributed by atoms with Gasteiger partial charge in [-0.15, -0.1) is 12.4 Å². The van der Waals surface area contributed by atoms with Crippen molar-refractivity contribution < 1.29 is 17.9 Å². The van der Waals surface area contributed by atoms with Crippen molar-refractivity contribution in [2.75, 3.05) is 13.1 Å². The molecule has 1 aliphatic carbocycles. The molecule has 2 aliphatic rings. The zero-order valence-corrected chi connectivity index (χ0v) is 12.3. The maximum absolute atomic E-state index is 12.6. The molecule has 1 aromatic rings. The summed E-state index contributed by atoms with van der Waals surface area (Å²) in [5.41, 5.74) is -0.591. The first-order valence-electron chi connectivity index (χ1n) is 6.88. The molecule has 3 rings (SSSR count). The molecule has 1 saturated heterocycles. The monoisotopic (exact) mass is 322 g/mol. The number of pyridine rings is 1. The highest BCUT2D eigenvalue weighted by atomic mass is 35.5. The van der Waals surface area contributed by atoms with Crippen LogP contribution in [0.4, 0.5) is 13.2 Å². The fourth-order valence-corrected chi connectivity index (χ4v) is 3.20. The Morgan fingerprint density at radius 2 is 2.10 bits per heavy atom. The minimum absolute atomic E-state index is 0. The van der Waals surface area contributed by atoms with Crippen LogP contribution in [0.3, 0.4) is 0 Å². The van der Waals surface area contributed by atoms with Crippen molar-refractivity contribution in [3.8, 4) is 5.75 Å². The third-order valence-electron chi connectivity index (χ3n) is 4.21. The summed E-state index contributed by atoms with van der Waals surface area (Å²) in [6, 6.07) is 2.46. The second kappa shape index (κ2) is 6.01. The van der Waals surface area contributed by atoms with Gasteiger partial charge in [0.1, 0.15) is 11.4 Å². The SMILES string of the molecule is Cl.FC(F)(F)c1cc(OC2CC3(CCCNC3)C2)ccn1. The molecular formula is C14H18ClF3N2O. The van der Waals surface area contributed by atoms with Gasteiger partial charge in [0.2, 0.25) is 0 Å². The third kappa shape index (κ3) is 3.61. The topological polar surface area (TPSA) is 34.1 Å². The Morgan fingerprint density at radius 1 is 1.33 bits per heavy atom. The molecule has 0 amide bonds. The Bertz CT molecular complexity index is 481. The summed E-state index contributed by atoms with van der Waals surface area (Å²) in [7, 11) is 0. The van der Waals surface area contributed by atoms with Crippen molar-refractivity contribution in [2.45, 2.75) is 38.0 Å². The molecule has 0 aromatic carbocycles. The van der Waals surface area contributed by atoms with Crippen LogP contribution in [0.25, 0.3) is 0 Å². The Labute approximate surface area is 127 Å². The lowest BCUT2D eigenvalue weighted by Gasteiger charge is -2.49. The molecule has 0 bridgehead atoms. The summed E-state index contributed by atoms with van der Waals surface area (Å²) in [5.74, 6) is 0.260. The zero-order chi connectivity index (χ0) is 14.2. The molecule has 0 unspecified atom stereocenters. The molecule has 21 heavy (non-hydrogen) atoms. The quantitative estimate of drug-likeness (QED) is 0.905. The minimum atomic E-state index is -4.42. The van der Waals surface area contributed by atoms with E-state index < -0.39 is 11.9 Å². The third-order valence-corrected chi connectivity index (χ3v) is 4.21. The molecule has 2 heterocycles. The van der Waals surface area contributed by atoms with E-state index in [0.29, 0.717) is 5.41 Å². The van der Waals surface area contributed by atoms with Crippen LogP contribution in [-0.4, -0.2) is 24.2 Å². The van der Waals surface area contributed by atoms with Gasteiger partial charge in [-0.25, -0.2) is 0 Å². The van der Waals surface area contributed by atoms with Crippen molar-refractivity contribution in [3.05, 3.63) is 24.0 Å². The maximum atomic E-state index is 12.6. The summed E-state index contributed by atoms with van der Waals surface area (Å²) in [6.45, 7) is 2.06. The minimum Gasteiger partial charge on any atom is -0.490 e. The van der Waals surface area contributed by atoms with Crippen LogP contribution in [0.15, 0.2) is 18.3 Å². The lowest BCUT2D eigenvalue weighted by molar-refractivity contribution is -0.141. The van der Waals surface area contributed by atoms with E-state index in [9.17, 15) is 13.2 Å². The van der Waals surface area contributed by atoms with E-state index >= 15 is 0 Å². The lowest BCUT2D eigenvalue weighted by atomic mass is 9.63. The van der Waals surface area contributed by atoms with Crippen LogP contribution >= 0.6 is 12.4 Å². The summed E-state index contributed by atoms with van der Waals surface area (Å²) >= 11 is 0. The number of piperidine rings is 1. The molecule has 1 spiro atoms. The molecule has 1 N–H and O–H groups in total. The zero-order valence-electron chi connectivity index (χ0n) is 11.4. The van der Waals surface area contributed by atoms with Gasteiger partial charge in [0, 0.05) is 18.8 Å². The number of aromatic nitrogens is 1. The van der Waals surface area contributed by atoms with Gasteiger partial charge in [0.25, 0.3) is 0 Å². The number of rotatable bonds is 2. The molecular weight excluding hydrogens is 305 g/mol. The Balaban J connectivity index is 0.00000161. The van der Waals surface area contributed by atoms with Gasteiger partial charge < -0.3 is 10.1 Å². The molecule has 118 valence electrons. The molecule has 0 radical (unpaired) electrons. The van der Waals surface area contributed by atoms with E-state index in [2.05, 4.69) is 10.3 Å². The number of hydrogen-bond acceptors (Lipinski definition) is 3. The number of nitrogens with one attached hydrogen (secondary N) is 1. The van der Waals surface area contributed by atoms with Crippen LogP contribution in [0, 0.1) is 5.41 Å². The van der Waals surface area contributed by atoms with Crippen LogP contribution in [0.1, 0.15) is 31.4 Å². The first-order chi connectivity index (χ1) is 9.47. The summed E-state index contributed by atoms with van der Waals surface area (Å²) in [6.07, 6.45) is 0.943. The Morgan fingerprint density at radius 3 is 2.71 bits per heavy atom. The highest BCUT2D eigenvalue weighted by Crippen LogP contribution is 2.47. The van der Waals surface area contributed by atoms with E-state index in [0.717, 1.165) is 38.2 Å². The van der Waals surface area contributed by atoms with Crippen LogP contribution in [-0.2, 0) is 6.18 Å². The van der Waals surface area contributed by atoms with E-state index in [1.807, 2.05) is 0 Å². The largest absolute Gasteiger partial charge is 0.490 e. The maximum Gasteiger partial charge on any atom is 0.433 e. The van der Waals surface area contributed by atoms with Crippen LogP contribution in [0.5, 0.6) is 5.75 Å². The van der Waals surface area contributed by atoms with Gasteiger partial charge in [0.15, 0.2) is 0 Å². The van der Waals surface area contributed by atoms with Crippen molar-refractivity contribution in [1.29, 1.82) is 0 Å². The van der Waals surface area contributed by atoms with Crippen LogP contribution < -0.4 is 10.1 Å². The second-order valence-corrected chi connectivity index (χ2v) is 5.80. The number of alkyl halides is 3.